The van der Waals surface area contributed by atoms with Gasteiger partial charge in [0.25, 0.3) is 5.91 Å². The highest BCUT2D eigenvalue weighted by Crippen LogP contribution is 2.26. The van der Waals surface area contributed by atoms with Crippen molar-refractivity contribution >= 4 is 33.9 Å². The summed E-state index contributed by atoms with van der Waals surface area (Å²) >= 11 is 1.29. The van der Waals surface area contributed by atoms with E-state index in [2.05, 4.69) is 15.5 Å². The number of ether oxygens (including phenoxy) is 1. The van der Waals surface area contributed by atoms with Gasteiger partial charge in [0.05, 0.1) is 11.7 Å². The van der Waals surface area contributed by atoms with Gasteiger partial charge >= 0.3 is 5.97 Å². The summed E-state index contributed by atoms with van der Waals surface area (Å²) in [4.78, 5) is 26.1. The molecule has 0 spiro atoms. The molecule has 1 N–H and O–H groups in total. The van der Waals surface area contributed by atoms with Gasteiger partial charge in [-0.25, -0.2) is 4.79 Å². The van der Waals surface area contributed by atoms with Crippen LogP contribution < -0.4 is 5.32 Å². The molecule has 0 radical (unpaired) electrons. The van der Waals surface area contributed by atoms with Gasteiger partial charge in [-0.3, -0.25) is 9.20 Å². The van der Waals surface area contributed by atoms with Crippen LogP contribution >= 0.6 is 11.3 Å². The Hall–Kier alpha value is -2.74. The molecular weight excluding hydrogens is 364 g/mol. The maximum atomic E-state index is 12.8. The summed E-state index contributed by atoms with van der Waals surface area (Å²) in [5.74, 6) is 0.371. The van der Waals surface area contributed by atoms with Gasteiger partial charge in [-0.05, 0) is 39.0 Å². The molecule has 0 unspecified atom stereocenters. The van der Waals surface area contributed by atoms with Crippen LogP contribution in [0.2, 0.25) is 0 Å². The Balaban J connectivity index is 1.85. The molecule has 0 bridgehead atoms. The molecule has 7 nitrogen and oxygen atoms in total. The van der Waals surface area contributed by atoms with Gasteiger partial charge in [0.1, 0.15) is 10.7 Å². The normalized spacial score (nSPS) is 11.4. The van der Waals surface area contributed by atoms with Crippen LogP contribution in [-0.2, 0) is 4.74 Å². The van der Waals surface area contributed by atoms with Crippen molar-refractivity contribution in [3.63, 3.8) is 0 Å². The first-order chi connectivity index (χ1) is 12.8. The lowest BCUT2D eigenvalue weighted by Gasteiger charge is -2.10. The van der Waals surface area contributed by atoms with E-state index >= 15 is 0 Å². The Bertz CT molecular complexity index is 1000. The monoisotopic (exact) mass is 386 g/mol. The van der Waals surface area contributed by atoms with Crippen molar-refractivity contribution in [2.75, 3.05) is 5.32 Å². The highest BCUT2D eigenvalue weighted by atomic mass is 32.1. The van der Waals surface area contributed by atoms with Crippen LogP contribution in [-0.4, -0.2) is 32.6 Å². The number of carbonyl (C=O) groups is 2. The third-order valence-corrected chi connectivity index (χ3v) is 5.07. The summed E-state index contributed by atoms with van der Waals surface area (Å²) in [6.07, 6.45) is -0.204. The summed E-state index contributed by atoms with van der Waals surface area (Å²) in [6.45, 7) is 9.54. The summed E-state index contributed by atoms with van der Waals surface area (Å²) in [7, 11) is 0. The van der Waals surface area contributed by atoms with Gasteiger partial charge < -0.3 is 10.1 Å². The predicted molar refractivity (Wildman–Crippen MR) is 105 cm³/mol. The zero-order chi connectivity index (χ0) is 19.7. The van der Waals surface area contributed by atoms with E-state index in [1.165, 1.54) is 11.3 Å². The lowest BCUT2D eigenvalue weighted by Crippen LogP contribution is -2.14. The molecule has 0 saturated carbocycles. The zero-order valence-corrected chi connectivity index (χ0v) is 16.8. The molecule has 0 aliphatic heterocycles. The number of esters is 1. The van der Waals surface area contributed by atoms with Gasteiger partial charge in [-0.15, -0.1) is 10.2 Å². The summed E-state index contributed by atoms with van der Waals surface area (Å²) in [6, 6.07) is 6.71. The molecule has 1 amide bonds. The van der Waals surface area contributed by atoms with Crippen LogP contribution in [0.25, 0.3) is 4.96 Å². The number of rotatable bonds is 5. The minimum Gasteiger partial charge on any atom is -0.459 e. The molecule has 1 aromatic carbocycles. The number of aryl methyl sites for hydroxylation is 1. The number of nitrogens with one attached hydrogen (secondary N) is 1. The number of anilines is 1. The van der Waals surface area contributed by atoms with E-state index in [0.29, 0.717) is 21.1 Å². The highest BCUT2D eigenvalue weighted by Gasteiger charge is 2.21. The molecule has 27 heavy (non-hydrogen) atoms. The third-order valence-electron chi connectivity index (χ3n) is 3.94. The SMILES string of the molecule is Cc1c(C(=O)Nc2cccc(C(=O)OC(C)C)c2)sc2nnc(C(C)C)n12. The van der Waals surface area contributed by atoms with E-state index in [1.54, 1.807) is 38.1 Å². The third kappa shape index (κ3) is 3.85. The molecule has 3 rings (SSSR count). The van der Waals surface area contributed by atoms with Crippen LogP contribution in [0.4, 0.5) is 5.69 Å². The molecular formula is C19H22N4O3S. The fourth-order valence-electron chi connectivity index (χ4n) is 2.71. The second-order valence-corrected chi connectivity index (χ2v) is 7.81. The topological polar surface area (TPSA) is 85.6 Å². The lowest BCUT2D eigenvalue weighted by atomic mass is 10.2. The molecule has 0 aliphatic rings. The lowest BCUT2D eigenvalue weighted by molar-refractivity contribution is 0.0377. The Morgan fingerprint density at radius 2 is 1.93 bits per heavy atom. The number of hydrogen-bond acceptors (Lipinski definition) is 6. The second kappa shape index (κ2) is 7.48. The molecule has 0 fully saturated rings. The fraction of sp³-hybridized carbons (Fsp3) is 0.368. The Morgan fingerprint density at radius 1 is 1.19 bits per heavy atom. The number of amides is 1. The summed E-state index contributed by atoms with van der Waals surface area (Å²) in [5, 5.41) is 11.2. The molecule has 0 saturated heterocycles. The van der Waals surface area contributed by atoms with Gasteiger partial charge in [0, 0.05) is 17.3 Å². The van der Waals surface area contributed by atoms with E-state index in [0.717, 1.165) is 11.5 Å². The number of hydrogen-bond donors (Lipinski definition) is 1. The van der Waals surface area contributed by atoms with Crippen molar-refractivity contribution in [3.8, 4) is 0 Å². The number of thiazole rings is 1. The van der Waals surface area contributed by atoms with Gasteiger partial charge in [-0.2, -0.15) is 0 Å². The van der Waals surface area contributed by atoms with E-state index in [-0.39, 0.29) is 17.9 Å². The van der Waals surface area contributed by atoms with E-state index in [4.69, 9.17) is 4.74 Å². The van der Waals surface area contributed by atoms with Gasteiger partial charge in [-0.1, -0.05) is 31.3 Å². The average Bonchev–Trinajstić information content (AvgIpc) is 3.15. The van der Waals surface area contributed by atoms with Crippen molar-refractivity contribution in [2.45, 2.75) is 46.6 Å². The van der Waals surface area contributed by atoms with Crippen molar-refractivity contribution in [2.24, 2.45) is 0 Å². The maximum Gasteiger partial charge on any atom is 0.338 e. The quantitative estimate of drug-likeness (QED) is 0.669. The highest BCUT2D eigenvalue weighted by molar-refractivity contribution is 7.19. The molecule has 3 aromatic rings. The van der Waals surface area contributed by atoms with Crippen LogP contribution in [0, 0.1) is 6.92 Å². The number of fused-ring (bicyclic) bond motifs is 1. The number of aromatic nitrogens is 3. The first-order valence-electron chi connectivity index (χ1n) is 8.74. The van der Waals surface area contributed by atoms with Crippen LogP contribution in [0.5, 0.6) is 0 Å². The number of nitrogens with zero attached hydrogens (tertiary/aromatic N) is 3. The molecule has 8 heteroatoms. The zero-order valence-electron chi connectivity index (χ0n) is 15.9. The van der Waals surface area contributed by atoms with Gasteiger partial charge in [0.2, 0.25) is 4.96 Å². The van der Waals surface area contributed by atoms with Gasteiger partial charge in [0.15, 0.2) is 0 Å². The minimum absolute atomic E-state index is 0.202. The molecule has 0 atom stereocenters. The maximum absolute atomic E-state index is 12.8. The molecule has 2 aromatic heterocycles. The average molecular weight is 386 g/mol. The minimum atomic E-state index is -0.417. The number of carbonyl (C=O) groups excluding carboxylic acids is 2. The Labute approximate surface area is 161 Å². The largest absolute Gasteiger partial charge is 0.459 e. The van der Waals surface area contributed by atoms with Crippen LogP contribution in [0.15, 0.2) is 24.3 Å². The Morgan fingerprint density at radius 3 is 2.59 bits per heavy atom. The molecule has 2 heterocycles. The Kier molecular flexibility index (Phi) is 5.27. The number of benzene rings is 1. The van der Waals surface area contributed by atoms with Crippen molar-refractivity contribution in [1.29, 1.82) is 0 Å². The first-order valence-corrected chi connectivity index (χ1v) is 9.56. The second-order valence-electron chi connectivity index (χ2n) is 6.84. The summed E-state index contributed by atoms with van der Waals surface area (Å²) < 4.78 is 7.11. The van der Waals surface area contributed by atoms with E-state index in [1.807, 2.05) is 25.2 Å². The van der Waals surface area contributed by atoms with E-state index in [9.17, 15) is 9.59 Å². The fourth-order valence-corrected chi connectivity index (χ4v) is 3.68. The first kappa shape index (κ1) is 19.0. The van der Waals surface area contributed by atoms with Crippen LogP contribution in [0.3, 0.4) is 0 Å². The van der Waals surface area contributed by atoms with Crippen molar-refractivity contribution in [3.05, 3.63) is 46.2 Å². The van der Waals surface area contributed by atoms with Crippen LogP contribution in [0.1, 0.15) is 65.2 Å². The van der Waals surface area contributed by atoms with Crippen molar-refractivity contribution in [1.82, 2.24) is 14.6 Å². The predicted octanol–water partition coefficient (Wildman–Crippen LogP) is 4.04. The molecule has 0 aliphatic carbocycles. The van der Waals surface area contributed by atoms with E-state index < -0.39 is 5.97 Å². The molecule has 142 valence electrons. The summed E-state index contributed by atoms with van der Waals surface area (Å²) in [5.41, 5.74) is 1.73. The standard InChI is InChI=1S/C19H22N4O3S/c1-10(2)16-21-22-19-23(16)12(5)15(27-19)17(24)20-14-8-6-7-13(9-14)18(25)26-11(3)4/h6-11H,1-5H3,(H,20,24). The smallest absolute Gasteiger partial charge is 0.338 e. The van der Waals surface area contributed by atoms with Crippen molar-refractivity contribution < 1.29 is 14.3 Å².